The van der Waals surface area contributed by atoms with Gasteiger partial charge < -0.3 is 43.5 Å². The van der Waals surface area contributed by atoms with Crippen molar-refractivity contribution < 1.29 is 33.2 Å². The zero-order valence-corrected chi connectivity index (χ0v) is 35.5. The van der Waals surface area contributed by atoms with E-state index in [1.807, 2.05) is 29.2 Å². The van der Waals surface area contributed by atoms with Crippen LogP contribution >= 0.6 is 0 Å². The summed E-state index contributed by atoms with van der Waals surface area (Å²) in [5.41, 5.74) is 1.91. The average Bonchev–Trinajstić information content (AvgIpc) is 3.28. The first-order valence-corrected chi connectivity index (χ1v) is 22.1. The Hall–Kier alpha value is -3.78. The molecule has 5 fully saturated rings. The van der Waals surface area contributed by atoms with Gasteiger partial charge in [0.15, 0.2) is 0 Å². The van der Waals surface area contributed by atoms with E-state index in [1.54, 1.807) is 12.4 Å². The maximum Gasteiger partial charge on any atom is 0.233 e. The van der Waals surface area contributed by atoms with Gasteiger partial charge in [-0.1, -0.05) is 24.3 Å². The van der Waals surface area contributed by atoms with E-state index >= 15 is 0 Å². The van der Waals surface area contributed by atoms with Crippen LogP contribution < -0.4 is 19.5 Å². The molecule has 0 bridgehead atoms. The van der Waals surface area contributed by atoms with Crippen molar-refractivity contribution in [2.24, 2.45) is 5.92 Å². The monoisotopic (exact) mass is 814 g/mol. The van der Waals surface area contributed by atoms with Crippen molar-refractivity contribution in [2.45, 2.75) is 62.8 Å². The molecule has 5 saturated heterocycles. The Bertz CT molecular complexity index is 1670. The zero-order valence-electron chi connectivity index (χ0n) is 35.5. The van der Waals surface area contributed by atoms with E-state index in [0.717, 1.165) is 147 Å². The molecule has 0 saturated carbocycles. The van der Waals surface area contributed by atoms with Crippen LogP contribution in [-0.2, 0) is 29.8 Å². The van der Waals surface area contributed by atoms with Crippen molar-refractivity contribution in [3.05, 3.63) is 84.2 Å². The van der Waals surface area contributed by atoms with Crippen LogP contribution in [0.4, 0.5) is 0 Å². The van der Waals surface area contributed by atoms with Gasteiger partial charge in [-0.25, -0.2) is 0 Å². The number of carbonyl (C=O) groups is 1. The van der Waals surface area contributed by atoms with Crippen LogP contribution in [0.1, 0.15) is 57.1 Å². The number of likely N-dealkylation sites (tertiary alicyclic amines) is 1. The molecule has 0 radical (unpaired) electrons. The maximum atomic E-state index is 13.5. The normalized spacial score (nSPS) is 21.2. The standard InChI is InChI=1S/C24H32N2O3.C23H35N3O4/c1-19(2)26-15-20(16-26)17-28-22-5-3-21(4-6-22)24(9-13-27-14-10-24)18-29-23-7-11-25-12-8-23;27-22(26-11-8-24-9-12-26)23(6-16-28-17-7-23)20-2-4-21(5-3-20)30-15-1-10-25-13-18-29-19-14-25/h3-8,11-12,19-20H,9-10,13-18H2,1-2H3;2-5,24H,1,6-19H2. The molecule has 1 aromatic heterocycles. The molecule has 59 heavy (non-hydrogen) atoms. The zero-order chi connectivity index (χ0) is 40.8. The Morgan fingerprint density at radius 1 is 0.729 bits per heavy atom. The molecular weight excluding hydrogens is 747 g/mol. The molecule has 5 aliphatic heterocycles. The summed E-state index contributed by atoms with van der Waals surface area (Å²) < 4.78 is 34.8. The fourth-order valence-corrected chi connectivity index (χ4v) is 8.88. The highest BCUT2D eigenvalue weighted by Gasteiger charge is 2.44. The van der Waals surface area contributed by atoms with Crippen molar-refractivity contribution in [1.29, 1.82) is 0 Å². The van der Waals surface area contributed by atoms with Gasteiger partial charge in [-0.3, -0.25) is 14.7 Å². The molecule has 0 atom stereocenters. The maximum absolute atomic E-state index is 13.5. The van der Waals surface area contributed by atoms with Gasteiger partial charge in [-0.05, 0) is 93.5 Å². The molecule has 1 amide bonds. The largest absolute Gasteiger partial charge is 0.494 e. The third-order valence-corrected chi connectivity index (χ3v) is 12.8. The molecule has 0 unspecified atom stereocenters. The second kappa shape index (κ2) is 21.7. The summed E-state index contributed by atoms with van der Waals surface area (Å²) in [4.78, 5) is 24.5. The topological polar surface area (TPSA) is 107 Å². The summed E-state index contributed by atoms with van der Waals surface area (Å²) in [6, 6.07) is 21.3. The van der Waals surface area contributed by atoms with E-state index in [4.69, 9.17) is 28.4 Å². The van der Waals surface area contributed by atoms with Crippen molar-refractivity contribution in [3.63, 3.8) is 0 Å². The molecule has 322 valence electrons. The number of piperazine rings is 1. The van der Waals surface area contributed by atoms with Crippen LogP contribution in [-0.4, -0.2) is 150 Å². The fraction of sp³-hybridized carbons (Fsp3) is 0.617. The Kier molecular flexibility index (Phi) is 15.9. The highest BCUT2D eigenvalue weighted by molar-refractivity contribution is 5.88. The second-order valence-electron chi connectivity index (χ2n) is 17.0. The highest BCUT2D eigenvalue weighted by atomic mass is 16.5. The number of nitrogens with zero attached hydrogens (tertiary/aromatic N) is 4. The number of pyridine rings is 1. The average molecular weight is 814 g/mol. The lowest BCUT2D eigenvalue weighted by Gasteiger charge is -2.41. The highest BCUT2D eigenvalue weighted by Crippen LogP contribution is 2.39. The Labute approximate surface area is 351 Å². The number of aromatic nitrogens is 1. The lowest BCUT2D eigenvalue weighted by Crippen LogP contribution is -2.55. The first kappa shape index (κ1) is 43.3. The number of amides is 1. The van der Waals surface area contributed by atoms with Crippen LogP contribution in [0.15, 0.2) is 73.1 Å². The van der Waals surface area contributed by atoms with Gasteiger partial charge >= 0.3 is 0 Å². The van der Waals surface area contributed by atoms with Gasteiger partial charge in [0.2, 0.25) is 5.91 Å². The van der Waals surface area contributed by atoms with Crippen LogP contribution in [0, 0.1) is 5.92 Å². The Balaban J connectivity index is 0.000000179. The predicted octanol–water partition coefficient (Wildman–Crippen LogP) is 5.20. The van der Waals surface area contributed by atoms with Gasteiger partial charge in [-0.15, -0.1) is 0 Å². The molecule has 12 nitrogen and oxygen atoms in total. The minimum Gasteiger partial charge on any atom is -0.494 e. The van der Waals surface area contributed by atoms with Gasteiger partial charge in [0.1, 0.15) is 17.2 Å². The lowest BCUT2D eigenvalue weighted by molar-refractivity contribution is -0.142. The van der Waals surface area contributed by atoms with Crippen LogP contribution in [0.3, 0.4) is 0 Å². The second-order valence-corrected chi connectivity index (χ2v) is 17.0. The molecule has 1 N–H and O–H groups in total. The van der Waals surface area contributed by atoms with Gasteiger partial charge in [0.05, 0.1) is 38.4 Å². The molecule has 6 heterocycles. The van der Waals surface area contributed by atoms with Crippen molar-refractivity contribution in [3.8, 4) is 17.2 Å². The minimum absolute atomic E-state index is 0.0220. The number of hydrogen-bond donors (Lipinski definition) is 1. The predicted molar refractivity (Wildman–Crippen MR) is 229 cm³/mol. The third-order valence-electron chi connectivity index (χ3n) is 12.8. The molecule has 0 aliphatic carbocycles. The molecule has 0 spiro atoms. The van der Waals surface area contributed by atoms with E-state index < -0.39 is 5.41 Å². The van der Waals surface area contributed by atoms with Gasteiger partial charge in [0.25, 0.3) is 0 Å². The SMILES string of the molecule is CC(C)N1CC(COc2ccc(C3(COc4ccncc4)CCOCC3)cc2)C1.O=C(N1CCNCC1)C1(c2ccc(OCCCN3CCOCC3)cc2)CCOCC1. The van der Waals surface area contributed by atoms with E-state index in [9.17, 15) is 4.79 Å². The van der Waals surface area contributed by atoms with Gasteiger partial charge in [-0.2, -0.15) is 0 Å². The smallest absolute Gasteiger partial charge is 0.233 e. The fourth-order valence-electron chi connectivity index (χ4n) is 8.88. The molecule has 5 aliphatic rings. The number of nitrogens with one attached hydrogen (secondary N) is 1. The number of ether oxygens (including phenoxy) is 6. The summed E-state index contributed by atoms with van der Waals surface area (Å²) in [7, 11) is 0. The summed E-state index contributed by atoms with van der Waals surface area (Å²) in [6.45, 7) is 19.8. The first-order chi connectivity index (χ1) is 28.9. The number of benzene rings is 2. The number of hydrogen-bond acceptors (Lipinski definition) is 11. The molecule has 8 rings (SSSR count). The summed E-state index contributed by atoms with van der Waals surface area (Å²) >= 11 is 0. The van der Waals surface area contributed by atoms with Gasteiger partial charge in [0, 0.05) is 115 Å². The van der Waals surface area contributed by atoms with E-state index in [-0.39, 0.29) is 11.3 Å². The lowest BCUT2D eigenvalue weighted by atomic mass is 9.73. The number of rotatable bonds is 15. The Morgan fingerprint density at radius 3 is 1.95 bits per heavy atom. The first-order valence-electron chi connectivity index (χ1n) is 22.1. The van der Waals surface area contributed by atoms with Crippen molar-refractivity contribution in [1.82, 2.24) is 25.0 Å². The number of carbonyl (C=O) groups excluding carboxylic acids is 1. The summed E-state index contributed by atoms with van der Waals surface area (Å²) in [6.07, 6.45) is 7.95. The quantitative estimate of drug-likeness (QED) is 0.205. The molecule has 12 heteroatoms. The van der Waals surface area contributed by atoms with E-state index in [0.29, 0.717) is 38.4 Å². The van der Waals surface area contributed by atoms with Crippen molar-refractivity contribution >= 4 is 5.91 Å². The van der Waals surface area contributed by atoms with Crippen molar-refractivity contribution in [2.75, 3.05) is 118 Å². The minimum atomic E-state index is -0.468. The molecule has 2 aromatic carbocycles. The third kappa shape index (κ3) is 11.7. The van der Waals surface area contributed by atoms with Crippen LogP contribution in [0.5, 0.6) is 17.2 Å². The summed E-state index contributed by atoms with van der Waals surface area (Å²) in [5, 5.41) is 3.33. The van der Waals surface area contributed by atoms with E-state index in [2.05, 4.69) is 70.3 Å². The van der Waals surface area contributed by atoms with Crippen LogP contribution in [0.2, 0.25) is 0 Å². The van der Waals surface area contributed by atoms with Crippen LogP contribution in [0.25, 0.3) is 0 Å². The number of morpholine rings is 1. The molecular formula is C47H67N5O7. The Morgan fingerprint density at radius 2 is 1.31 bits per heavy atom. The molecule has 3 aromatic rings. The summed E-state index contributed by atoms with van der Waals surface area (Å²) in [5.74, 6) is 3.59. The van der Waals surface area contributed by atoms with E-state index in [1.165, 1.54) is 5.56 Å².